The second-order valence-corrected chi connectivity index (χ2v) is 12.9. The number of hydrogen-bond donors (Lipinski definition) is 0. The SMILES string of the molecule is c1ccc(-c2ccc(N(c3cc4c5ccccc5ccc4c4ccccc34)c3cccc4c3c3ccccc3n4-c3ccccc3)cc2)cc1. The monoisotopic (exact) mass is 636 g/mol. The number of rotatable bonds is 5. The van der Waals surface area contributed by atoms with Gasteiger partial charge < -0.3 is 9.47 Å². The summed E-state index contributed by atoms with van der Waals surface area (Å²) in [5, 5.41) is 9.93. The van der Waals surface area contributed by atoms with Crippen LogP contribution < -0.4 is 4.90 Å². The molecule has 1 heterocycles. The van der Waals surface area contributed by atoms with Crippen molar-refractivity contribution in [2.45, 2.75) is 0 Å². The Labute approximate surface area is 290 Å². The molecular formula is C48H32N2. The van der Waals surface area contributed by atoms with Crippen molar-refractivity contribution in [2.24, 2.45) is 0 Å². The summed E-state index contributed by atoms with van der Waals surface area (Å²) in [7, 11) is 0. The molecule has 0 unspecified atom stereocenters. The number of para-hydroxylation sites is 2. The van der Waals surface area contributed by atoms with Crippen LogP contribution in [-0.2, 0) is 0 Å². The van der Waals surface area contributed by atoms with Gasteiger partial charge in [0.15, 0.2) is 0 Å². The molecular weight excluding hydrogens is 605 g/mol. The molecule has 0 fully saturated rings. The average molecular weight is 637 g/mol. The molecule has 2 heteroatoms. The summed E-state index contributed by atoms with van der Waals surface area (Å²) in [5.74, 6) is 0. The van der Waals surface area contributed by atoms with E-state index < -0.39 is 0 Å². The summed E-state index contributed by atoms with van der Waals surface area (Å²) in [6, 6.07) is 70.5. The summed E-state index contributed by atoms with van der Waals surface area (Å²) in [5.41, 5.74) is 9.33. The second-order valence-electron chi connectivity index (χ2n) is 12.9. The third-order valence-electron chi connectivity index (χ3n) is 10.1. The van der Waals surface area contributed by atoms with Crippen LogP contribution in [-0.4, -0.2) is 4.57 Å². The van der Waals surface area contributed by atoms with E-state index in [-0.39, 0.29) is 0 Å². The molecule has 234 valence electrons. The predicted molar refractivity (Wildman–Crippen MR) is 213 cm³/mol. The number of hydrogen-bond acceptors (Lipinski definition) is 1. The number of anilines is 3. The fourth-order valence-corrected chi connectivity index (χ4v) is 7.91. The number of nitrogens with zero attached hydrogens (tertiary/aromatic N) is 2. The van der Waals surface area contributed by atoms with Gasteiger partial charge in [-0.3, -0.25) is 0 Å². The van der Waals surface area contributed by atoms with Crippen molar-refractivity contribution in [3.63, 3.8) is 0 Å². The highest BCUT2D eigenvalue weighted by Crippen LogP contribution is 2.47. The van der Waals surface area contributed by atoms with Crippen LogP contribution in [0.15, 0.2) is 194 Å². The molecule has 10 aromatic rings. The number of benzene rings is 9. The van der Waals surface area contributed by atoms with Crippen LogP contribution in [0.1, 0.15) is 0 Å². The highest BCUT2D eigenvalue weighted by Gasteiger charge is 2.23. The molecule has 50 heavy (non-hydrogen) atoms. The first-order valence-corrected chi connectivity index (χ1v) is 17.2. The molecule has 0 bridgehead atoms. The Morgan fingerprint density at radius 3 is 1.74 bits per heavy atom. The van der Waals surface area contributed by atoms with Crippen molar-refractivity contribution < 1.29 is 0 Å². The van der Waals surface area contributed by atoms with Gasteiger partial charge in [0, 0.05) is 27.5 Å². The fourth-order valence-electron chi connectivity index (χ4n) is 7.91. The normalized spacial score (nSPS) is 11.6. The predicted octanol–water partition coefficient (Wildman–Crippen LogP) is 13.4. The molecule has 0 atom stereocenters. The van der Waals surface area contributed by atoms with Gasteiger partial charge in [-0.05, 0) is 86.6 Å². The molecule has 1 aromatic heterocycles. The smallest absolute Gasteiger partial charge is 0.0562 e. The van der Waals surface area contributed by atoms with Crippen molar-refractivity contribution >= 4 is 71.2 Å². The van der Waals surface area contributed by atoms with Crippen LogP contribution in [0.25, 0.3) is 70.9 Å². The summed E-state index contributed by atoms with van der Waals surface area (Å²) in [4.78, 5) is 2.49. The minimum Gasteiger partial charge on any atom is -0.309 e. The first-order chi connectivity index (χ1) is 24.8. The summed E-state index contributed by atoms with van der Waals surface area (Å²) >= 11 is 0. The van der Waals surface area contributed by atoms with Crippen LogP contribution in [0.4, 0.5) is 17.1 Å². The van der Waals surface area contributed by atoms with Crippen molar-refractivity contribution in [1.29, 1.82) is 0 Å². The van der Waals surface area contributed by atoms with E-state index >= 15 is 0 Å². The van der Waals surface area contributed by atoms with Gasteiger partial charge in [-0.25, -0.2) is 0 Å². The van der Waals surface area contributed by atoms with Gasteiger partial charge in [0.1, 0.15) is 0 Å². The molecule has 0 amide bonds. The number of fused-ring (bicyclic) bond motifs is 8. The van der Waals surface area contributed by atoms with E-state index in [4.69, 9.17) is 0 Å². The highest BCUT2D eigenvalue weighted by atomic mass is 15.1. The quantitative estimate of drug-likeness (QED) is 0.171. The Balaban J connectivity index is 1.32. The standard InChI is InChI=1S/C48H32N2/c1-3-14-33(15-4-1)34-26-29-37(30-27-34)50(47-32-43-38-19-8-7-16-35(38)28-31-40(43)39-20-9-10-21-41(39)47)46-25-13-24-45-48(46)42-22-11-12-23-44(42)49(45)36-17-5-2-6-18-36/h1-32H. The van der Waals surface area contributed by atoms with E-state index in [1.54, 1.807) is 0 Å². The van der Waals surface area contributed by atoms with Gasteiger partial charge >= 0.3 is 0 Å². The van der Waals surface area contributed by atoms with E-state index in [2.05, 4.69) is 204 Å². The lowest BCUT2D eigenvalue weighted by atomic mass is 9.95. The molecule has 0 saturated carbocycles. The van der Waals surface area contributed by atoms with Crippen molar-refractivity contribution in [3.8, 4) is 16.8 Å². The van der Waals surface area contributed by atoms with Crippen molar-refractivity contribution in [2.75, 3.05) is 4.90 Å². The zero-order chi connectivity index (χ0) is 33.0. The van der Waals surface area contributed by atoms with Crippen LogP contribution in [0.3, 0.4) is 0 Å². The molecule has 0 saturated heterocycles. The summed E-state index contributed by atoms with van der Waals surface area (Å²) in [6.07, 6.45) is 0. The molecule has 9 aromatic carbocycles. The Morgan fingerprint density at radius 2 is 0.940 bits per heavy atom. The highest BCUT2D eigenvalue weighted by molar-refractivity contribution is 6.23. The molecule has 0 spiro atoms. The van der Waals surface area contributed by atoms with E-state index in [0.717, 1.165) is 22.7 Å². The molecule has 0 N–H and O–H groups in total. The lowest BCUT2D eigenvalue weighted by Crippen LogP contribution is -2.11. The van der Waals surface area contributed by atoms with E-state index in [1.807, 2.05) is 0 Å². The van der Waals surface area contributed by atoms with E-state index in [0.29, 0.717) is 0 Å². The van der Waals surface area contributed by atoms with Gasteiger partial charge in [-0.2, -0.15) is 0 Å². The third kappa shape index (κ3) is 4.43. The minimum atomic E-state index is 1.11. The topological polar surface area (TPSA) is 8.17 Å². The Hall–Kier alpha value is -6.64. The van der Waals surface area contributed by atoms with Gasteiger partial charge in [0.25, 0.3) is 0 Å². The minimum absolute atomic E-state index is 1.11. The zero-order valence-corrected chi connectivity index (χ0v) is 27.4. The van der Waals surface area contributed by atoms with Crippen LogP contribution in [0.2, 0.25) is 0 Å². The lowest BCUT2D eigenvalue weighted by molar-refractivity contribution is 1.18. The van der Waals surface area contributed by atoms with Gasteiger partial charge in [-0.15, -0.1) is 0 Å². The maximum Gasteiger partial charge on any atom is 0.0562 e. The second kappa shape index (κ2) is 11.5. The Bertz CT molecular complexity index is 2850. The van der Waals surface area contributed by atoms with Gasteiger partial charge in [-0.1, -0.05) is 146 Å². The van der Waals surface area contributed by atoms with Gasteiger partial charge in [0.2, 0.25) is 0 Å². The third-order valence-corrected chi connectivity index (χ3v) is 10.1. The lowest BCUT2D eigenvalue weighted by Gasteiger charge is -2.29. The zero-order valence-electron chi connectivity index (χ0n) is 27.4. The molecule has 0 aliphatic heterocycles. The number of aromatic nitrogens is 1. The molecule has 10 rings (SSSR count). The molecule has 0 aliphatic carbocycles. The van der Waals surface area contributed by atoms with Gasteiger partial charge in [0.05, 0.1) is 22.4 Å². The fraction of sp³-hybridized carbons (Fsp3) is 0. The summed E-state index contributed by atoms with van der Waals surface area (Å²) < 4.78 is 2.40. The largest absolute Gasteiger partial charge is 0.309 e. The molecule has 2 nitrogen and oxygen atoms in total. The maximum absolute atomic E-state index is 2.49. The van der Waals surface area contributed by atoms with Crippen molar-refractivity contribution in [1.82, 2.24) is 4.57 Å². The molecule has 0 aliphatic rings. The van der Waals surface area contributed by atoms with Crippen LogP contribution in [0, 0.1) is 0 Å². The average Bonchev–Trinajstić information content (AvgIpc) is 3.54. The maximum atomic E-state index is 2.49. The first-order valence-electron chi connectivity index (χ1n) is 17.2. The van der Waals surface area contributed by atoms with Crippen molar-refractivity contribution in [3.05, 3.63) is 194 Å². The van der Waals surface area contributed by atoms with Crippen LogP contribution in [0.5, 0.6) is 0 Å². The Kier molecular flexibility index (Phi) is 6.53. The first kappa shape index (κ1) is 28.4. The van der Waals surface area contributed by atoms with Crippen LogP contribution >= 0.6 is 0 Å². The van der Waals surface area contributed by atoms with E-state index in [9.17, 15) is 0 Å². The van der Waals surface area contributed by atoms with E-state index in [1.165, 1.54) is 65.3 Å². The summed E-state index contributed by atoms with van der Waals surface area (Å²) in [6.45, 7) is 0. The molecule has 0 radical (unpaired) electrons. The Morgan fingerprint density at radius 1 is 0.340 bits per heavy atom.